The molecule has 108 valence electrons. The van der Waals surface area contributed by atoms with Crippen molar-refractivity contribution in [3.8, 4) is 5.75 Å². The van der Waals surface area contributed by atoms with E-state index in [0.717, 1.165) is 44.8 Å². The minimum Gasteiger partial charge on any atom is -0.492 e. The van der Waals surface area contributed by atoms with Crippen LogP contribution in [0.1, 0.15) is 17.3 Å². The Balaban J connectivity index is 1.68. The highest BCUT2D eigenvalue weighted by atomic mass is 16.5. The first kappa shape index (κ1) is 14.5. The van der Waals surface area contributed by atoms with Crippen LogP contribution < -0.4 is 4.74 Å². The standard InChI is InChI=1S/C15H20N2O3/c1-13(19)17-8-6-16(7-9-17)10-11-20-15-4-2-14(12-18)3-5-15/h2-5,12H,6-11H2,1H3. The average molecular weight is 276 g/mol. The highest BCUT2D eigenvalue weighted by Gasteiger charge is 2.17. The van der Waals surface area contributed by atoms with Gasteiger partial charge in [-0.2, -0.15) is 0 Å². The normalized spacial score (nSPS) is 15.9. The van der Waals surface area contributed by atoms with Crippen LogP contribution in [0.15, 0.2) is 24.3 Å². The van der Waals surface area contributed by atoms with Crippen LogP contribution in [0.25, 0.3) is 0 Å². The summed E-state index contributed by atoms with van der Waals surface area (Å²) in [6.07, 6.45) is 0.818. The molecule has 1 aliphatic rings. The van der Waals surface area contributed by atoms with E-state index in [9.17, 15) is 9.59 Å². The van der Waals surface area contributed by atoms with Gasteiger partial charge in [-0.3, -0.25) is 14.5 Å². The number of piperazine rings is 1. The van der Waals surface area contributed by atoms with Crippen molar-refractivity contribution in [3.05, 3.63) is 29.8 Å². The van der Waals surface area contributed by atoms with E-state index in [0.29, 0.717) is 12.2 Å². The van der Waals surface area contributed by atoms with Crippen LogP contribution in [0.3, 0.4) is 0 Å². The molecule has 1 aromatic rings. The predicted molar refractivity (Wildman–Crippen MR) is 76.0 cm³/mol. The van der Waals surface area contributed by atoms with Gasteiger partial charge in [0.2, 0.25) is 5.91 Å². The Morgan fingerprint density at radius 2 is 1.85 bits per heavy atom. The molecular weight excluding hydrogens is 256 g/mol. The summed E-state index contributed by atoms with van der Waals surface area (Å²) in [5.74, 6) is 0.925. The third kappa shape index (κ3) is 4.06. The zero-order valence-electron chi connectivity index (χ0n) is 11.7. The number of hydrogen-bond donors (Lipinski definition) is 0. The topological polar surface area (TPSA) is 49.9 Å². The number of carbonyl (C=O) groups is 2. The Hall–Kier alpha value is -1.88. The summed E-state index contributed by atoms with van der Waals surface area (Å²) >= 11 is 0. The number of amides is 1. The summed E-state index contributed by atoms with van der Waals surface area (Å²) in [7, 11) is 0. The minimum absolute atomic E-state index is 0.149. The maximum absolute atomic E-state index is 11.2. The second-order valence-electron chi connectivity index (χ2n) is 4.88. The Kier molecular flexibility index (Phi) is 5.12. The lowest BCUT2D eigenvalue weighted by molar-refractivity contribution is -0.130. The molecule has 1 amide bonds. The van der Waals surface area contributed by atoms with E-state index >= 15 is 0 Å². The van der Waals surface area contributed by atoms with Crippen LogP contribution in [-0.2, 0) is 4.79 Å². The number of hydrogen-bond acceptors (Lipinski definition) is 4. The first-order valence-corrected chi connectivity index (χ1v) is 6.85. The lowest BCUT2D eigenvalue weighted by Gasteiger charge is -2.34. The van der Waals surface area contributed by atoms with Gasteiger partial charge in [0.15, 0.2) is 0 Å². The summed E-state index contributed by atoms with van der Waals surface area (Å²) < 4.78 is 5.64. The quantitative estimate of drug-likeness (QED) is 0.754. The van der Waals surface area contributed by atoms with Gasteiger partial charge in [-0.05, 0) is 24.3 Å². The molecule has 0 N–H and O–H groups in total. The maximum atomic E-state index is 11.2. The first-order chi connectivity index (χ1) is 9.69. The molecule has 5 nitrogen and oxygen atoms in total. The first-order valence-electron chi connectivity index (χ1n) is 6.85. The molecule has 2 rings (SSSR count). The van der Waals surface area contributed by atoms with E-state index in [2.05, 4.69) is 4.90 Å². The van der Waals surface area contributed by atoms with Crippen molar-refractivity contribution >= 4 is 12.2 Å². The minimum atomic E-state index is 0.149. The van der Waals surface area contributed by atoms with E-state index in [1.807, 2.05) is 4.90 Å². The molecule has 1 saturated heterocycles. The predicted octanol–water partition coefficient (Wildman–Crippen LogP) is 1.04. The van der Waals surface area contributed by atoms with Crippen LogP contribution in [0.2, 0.25) is 0 Å². The van der Waals surface area contributed by atoms with Crippen molar-refractivity contribution in [2.45, 2.75) is 6.92 Å². The smallest absolute Gasteiger partial charge is 0.219 e. The summed E-state index contributed by atoms with van der Waals surface area (Å²) in [6.45, 7) is 6.45. The van der Waals surface area contributed by atoms with Crippen molar-refractivity contribution in [1.82, 2.24) is 9.80 Å². The molecule has 0 atom stereocenters. The molecule has 0 radical (unpaired) electrons. The van der Waals surface area contributed by atoms with Crippen molar-refractivity contribution in [1.29, 1.82) is 0 Å². The molecule has 0 saturated carbocycles. The second-order valence-corrected chi connectivity index (χ2v) is 4.88. The van der Waals surface area contributed by atoms with E-state index in [1.54, 1.807) is 31.2 Å². The molecule has 0 spiro atoms. The summed E-state index contributed by atoms with van der Waals surface area (Å²) in [5, 5.41) is 0. The Bertz CT molecular complexity index is 451. The molecule has 0 aromatic heterocycles. The molecule has 20 heavy (non-hydrogen) atoms. The Labute approximate surface area is 119 Å². The summed E-state index contributed by atoms with van der Waals surface area (Å²) in [5.41, 5.74) is 0.651. The SMILES string of the molecule is CC(=O)N1CCN(CCOc2ccc(C=O)cc2)CC1. The number of benzene rings is 1. The zero-order chi connectivity index (χ0) is 14.4. The van der Waals surface area contributed by atoms with Gasteiger partial charge in [0.25, 0.3) is 0 Å². The van der Waals surface area contributed by atoms with Gasteiger partial charge in [0.1, 0.15) is 18.6 Å². The molecule has 5 heteroatoms. The summed E-state index contributed by atoms with van der Waals surface area (Å²) in [6, 6.07) is 7.09. The van der Waals surface area contributed by atoms with Crippen molar-refractivity contribution in [3.63, 3.8) is 0 Å². The third-order valence-corrected chi connectivity index (χ3v) is 3.51. The highest BCUT2D eigenvalue weighted by Crippen LogP contribution is 2.11. The van der Waals surface area contributed by atoms with Gasteiger partial charge >= 0.3 is 0 Å². The molecule has 1 aromatic carbocycles. The number of ether oxygens (including phenoxy) is 1. The number of nitrogens with zero attached hydrogens (tertiary/aromatic N) is 2. The highest BCUT2D eigenvalue weighted by molar-refractivity contribution is 5.74. The monoisotopic (exact) mass is 276 g/mol. The number of rotatable bonds is 5. The van der Waals surface area contributed by atoms with Gasteiger partial charge in [0.05, 0.1) is 0 Å². The van der Waals surface area contributed by atoms with Crippen LogP contribution in [0.4, 0.5) is 0 Å². The van der Waals surface area contributed by atoms with Gasteiger partial charge in [0, 0.05) is 45.2 Å². The average Bonchev–Trinajstić information content (AvgIpc) is 2.48. The molecule has 1 fully saturated rings. The van der Waals surface area contributed by atoms with Gasteiger partial charge < -0.3 is 9.64 Å². The number of carbonyl (C=O) groups excluding carboxylic acids is 2. The lowest BCUT2D eigenvalue weighted by atomic mass is 10.2. The molecule has 1 aliphatic heterocycles. The number of aldehydes is 1. The zero-order valence-corrected chi connectivity index (χ0v) is 11.7. The lowest BCUT2D eigenvalue weighted by Crippen LogP contribution is -2.48. The molecular formula is C15H20N2O3. The summed E-state index contributed by atoms with van der Waals surface area (Å²) in [4.78, 5) is 25.9. The van der Waals surface area contributed by atoms with Crippen LogP contribution in [0, 0.1) is 0 Å². The molecule has 0 aliphatic carbocycles. The molecule has 0 bridgehead atoms. The van der Waals surface area contributed by atoms with E-state index < -0.39 is 0 Å². The van der Waals surface area contributed by atoms with Crippen LogP contribution in [0.5, 0.6) is 5.75 Å². The maximum Gasteiger partial charge on any atom is 0.219 e. The van der Waals surface area contributed by atoms with Crippen molar-refractivity contribution < 1.29 is 14.3 Å². The van der Waals surface area contributed by atoms with E-state index in [-0.39, 0.29) is 5.91 Å². The fourth-order valence-electron chi connectivity index (χ4n) is 2.22. The molecule has 1 heterocycles. The largest absolute Gasteiger partial charge is 0.492 e. The van der Waals surface area contributed by atoms with Crippen LogP contribution >= 0.6 is 0 Å². The van der Waals surface area contributed by atoms with Crippen molar-refractivity contribution in [2.75, 3.05) is 39.3 Å². The van der Waals surface area contributed by atoms with E-state index in [1.165, 1.54) is 0 Å². The third-order valence-electron chi connectivity index (χ3n) is 3.51. The second kappa shape index (κ2) is 7.05. The van der Waals surface area contributed by atoms with Gasteiger partial charge in [-0.25, -0.2) is 0 Å². The fourth-order valence-corrected chi connectivity index (χ4v) is 2.22. The van der Waals surface area contributed by atoms with E-state index in [4.69, 9.17) is 4.74 Å². The van der Waals surface area contributed by atoms with Crippen molar-refractivity contribution in [2.24, 2.45) is 0 Å². The van der Waals surface area contributed by atoms with Gasteiger partial charge in [-0.15, -0.1) is 0 Å². The molecule has 0 unspecified atom stereocenters. The van der Waals surface area contributed by atoms with Crippen LogP contribution in [-0.4, -0.2) is 61.3 Å². The Morgan fingerprint density at radius 1 is 1.20 bits per heavy atom. The fraction of sp³-hybridized carbons (Fsp3) is 0.467. The van der Waals surface area contributed by atoms with Gasteiger partial charge in [-0.1, -0.05) is 0 Å². The Morgan fingerprint density at radius 3 is 2.40 bits per heavy atom.